The molecule has 3 rings (SSSR count). The van der Waals surface area contributed by atoms with Gasteiger partial charge in [0.2, 0.25) is 0 Å². The van der Waals surface area contributed by atoms with E-state index in [1.165, 1.54) is 6.42 Å². The second-order valence-corrected chi connectivity index (χ2v) is 11.2. The van der Waals surface area contributed by atoms with Gasteiger partial charge in [-0.05, 0) is 47.7 Å². The lowest BCUT2D eigenvalue weighted by Gasteiger charge is -2.22. The minimum atomic E-state index is 0.893. The first-order valence-electron chi connectivity index (χ1n) is 3.95. The lowest BCUT2D eigenvalue weighted by molar-refractivity contribution is 0.697. The SMILES string of the molecule is C1=C[C@H]2C[C@@H]1[C@@H]1SSSSS[C@@H]12. The summed E-state index contributed by atoms with van der Waals surface area (Å²) in [4.78, 5) is 0. The third kappa shape index (κ3) is 1.36. The smallest absolute Gasteiger partial charge is 0.0356 e. The quantitative estimate of drug-likeness (QED) is 0.465. The van der Waals surface area contributed by atoms with Gasteiger partial charge in [0, 0.05) is 10.5 Å². The first kappa shape index (κ1) is 8.77. The third-order valence-electron chi connectivity index (χ3n) is 2.67. The second kappa shape index (κ2) is 3.57. The monoisotopic (exact) mass is 252 g/mol. The summed E-state index contributed by atoms with van der Waals surface area (Å²) in [5.41, 5.74) is 0. The third-order valence-corrected chi connectivity index (χ3v) is 12.4. The van der Waals surface area contributed by atoms with Crippen molar-refractivity contribution < 1.29 is 0 Å². The van der Waals surface area contributed by atoms with Crippen LogP contribution in [0.3, 0.4) is 0 Å². The highest BCUT2D eigenvalue weighted by atomic mass is 33.8. The zero-order chi connectivity index (χ0) is 7.97. The van der Waals surface area contributed by atoms with Crippen LogP contribution in [0.2, 0.25) is 0 Å². The van der Waals surface area contributed by atoms with Gasteiger partial charge in [0.1, 0.15) is 0 Å². The van der Waals surface area contributed by atoms with Crippen molar-refractivity contribution in [3.05, 3.63) is 12.2 Å². The Bertz CT molecular complexity index is 196. The minimum absolute atomic E-state index is 0.893. The van der Waals surface area contributed by atoms with E-state index in [1.807, 2.05) is 29.5 Å². The van der Waals surface area contributed by atoms with Crippen LogP contribution in [0, 0.1) is 11.8 Å². The zero-order valence-corrected chi connectivity index (χ0v) is 10.3. The molecule has 2 bridgehead atoms. The number of hydrogen-bond donors (Lipinski definition) is 0. The average molecular weight is 252 g/mol. The van der Waals surface area contributed by atoms with Crippen molar-refractivity contribution in [2.75, 3.05) is 0 Å². The number of allylic oxidation sites excluding steroid dienone is 2. The van der Waals surface area contributed by atoms with Crippen molar-refractivity contribution in [2.24, 2.45) is 11.8 Å². The van der Waals surface area contributed by atoms with E-state index in [4.69, 9.17) is 0 Å². The Morgan fingerprint density at radius 1 is 0.833 bits per heavy atom. The predicted octanol–water partition coefficient (Wildman–Crippen LogP) is 4.27. The molecule has 0 aromatic heterocycles. The summed E-state index contributed by atoms with van der Waals surface area (Å²) in [6, 6.07) is 0. The summed E-state index contributed by atoms with van der Waals surface area (Å²) in [7, 11) is 10.1. The topological polar surface area (TPSA) is 0 Å². The Labute approximate surface area is 91.4 Å². The van der Waals surface area contributed by atoms with Gasteiger partial charge < -0.3 is 0 Å². The van der Waals surface area contributed by atoms with Crippen LogP contribution in [0.1, 0.15) is 6.42 Å². The Morgan fingerprint density at radius 3 is 2.00 bits per heavy atom. The second-order valence-electron chi connectivity index (χ2n) is 3.27. The molecule has 1 saturated heterocycles. The maximum Gasteiger partial charge on any atom is 0.0356 e. The van der Waals surface area contributed by atoms with Gasteiger partial charge in [-0.25, -0.2) is 0 Å². The van der Waals surface area contributed by atoms with Crippen LogP contribution in [-0.2, 0) is 0 Å². The molecule has 0 aromatic rings. The summed E-state index contributed by atoms with van der Waals surface area (Å²) in [5, 5.41) is 1.80. The molecule has 4 atom stereocenters. The largest absolute Gasteiger partial charge is 0.0839 e. The van der Waals surface area contributed by atoms with Gasteiger partial charge in [-0.3, -0.25) is 0 Å². The molecule has 0 spiro atoms. The number of hydrogen-bond acceptors (Lipinski definition) is 5. The van der Waals surface area contributed by atoms with E-state index >= 15 is 0 Å². The van der Waals surface area contributed by atoms with Gasteiger partial charge in [-0.2, -0.15) is 0 Å². The van der Waals surface area contributed by atoms with Crippen LogP contribution in [0.25, 0.3) is 0 Å². The van der Waals surface area contributed by atoms with Gasteiger partial charge in [0.05, 0.1) is 0 Å². The molecule has 2 fully saturated rings. The Hall–Kier alpha value is 1.49. The van der Waals surface area contributed by atoms with Crippen LogP contribution < -0.4 is 0 Å². The molecule has 0 N–H and O–H groups in total. The minimum Gasteiger partial charge on any atom is -0.0839 e. The molecule has 3 aliphatic rings. The average Bonchev–Trinajstić information content (AvgIpc) is 2.58. The first-order valence-corrected chi connectivity index (χ1v) is 10.2. The normalized spacial score (nSPS) is 50.7. The van der Waals surface area contributed by atoms with Crippen LogP contribution >= 0.6 is 51.1 Å². The van der Waals surface area contributed by atoms with E-state index in [0.717, 1.165) is 22.3 Å². The highest BCUT2D eigenvalue weighted by Gasteiger charge is 2.46. The molecular formula is C7H8S5. The van der Waals surface area contributed by atoms with Gasteiger partial charge in [0.25, 0.3) is 0 Å². The van der Waals surface area contributed by atoms with Crippen molar-refractivity contribution in [1.29, 1.82) is 0 Å². The summed E-state index contributed by atoms with van der Waals surface area (Å²) < 4.78 is 0. The maximum atomic E-state index is 2.45. The molecule has 0 radical (unpaired) electrons. The molecule has 1 aliphatic heterocycles. The van der Waals surface area contributed by atoms with Crippen LogP contribution in [0.5, 0.6) is 0 Å². The van der Waals surface area contributed by atoms with Crippen LogP contribution in [0.15, 0.2) is 12.2 Å². The van der Waals surface area contributed by atoms with Crippen molar-refractivity contribution >= 4 is 51.1 Å². The fourth-order valence-corrected chi connectivity index (χ4v) is 13.4. The molecule has 1 heterocycles. The maximum absolute atomic E-state index is 2.45. The lowest BCUT2D eigenvalue weighted by atomic mass is 10.1. The predicted molar refractivity (Wildman–Crippen MR) is 66.3 cm³/mol. The van der Waals surface area contributed by atoms with Gasteiger partial charge in [-0.15, -0.1) is 0 Å². The Morgan fingerprint density at radius 2 is 1.42 bits per heavy atom. The van der Waals surface area contributed by atoms with Crippen molar-refractivity contribution in [2.45, 2.75) is 16.9 Å². The van der Waals surface area contributed by atoms with E-state index in [1.54, 1.807) is 0 Å². The van der Waals surface area contributed by atoms with Crippen molar-refractivity contribution in [3.8, 4) is 0 Å². The van der Waals surface area contributed by atoms with Gasteiger partial charge in [-0.1, -0.05) is 33.7 Å². The summed E-state index contributed by atoms with van der Waals surface area (Å²) in [5.74, 6) is 1.79. The first-order chi connectivity index (χ1) is 5.95. The van der Waals surface area contributed by atoms with Crippen molar-refractivity contribution in [1.82, 2.24) is 0 Å². The molecular weight excluding hydrogens is 244 g/mol. The molecule has 1 saturated carbocycles. The summed E-state index contributed by atoms with van der Waals surface area (Å²) in [6.07, 6.45) is 6.32. The molecule has 0 unspecified atom stereocenters. The fourth-order valence-electron chi connectivity index (χ4n) is 2.12. The van der Waals surface area contributed by atoms with Crippen molar-refractivity contribution in [3.63, 3.8) is 0 Å². The number of fused-ring (bicyclic) bond motifs is 5. The highest BCUT2D eigenvalue weighted by molar-refractivity contribution is 9.36. The standard InChI is InChI=1S/C7H8S5/c1-2-5-3-4(1)6-7(5)9-11-12-10-8-6/h1-2,4-7H,3H2/t4-,5+,6+,7-. The van der Waals surface area contributed by atoms with Crippen LogP contribution in [-0.4, -0.2) is 10.5 Å². The van der Waals surface area contributed by atoms with E-state index in [2.05, 4.69) is 33.7 Å². The summed E-state index contributed by atoms with van der Waals surface area (Å²) >= 11 is 0. The van der Waals surface area contributed by atoms with E-state index < -0.39 is 0 Å². The van der Waals surface area contributed by atoms with E-state index in [9.17, 15) is 0 Å². The molecule has 66 valence electrons. The molecule has 0 nitrogen and oxygen atoms in total. The van der Waals surface area contributed by atoms with Crippen LogP contribution in [0.4, 0.5) is 0 Å². The van der Waals surface area contributed by atoms with Gasteiger partial charge in [0.15, 0.2) is 0 Å². The Kier molecular flexibility index (Phi) is 2.61. The van der Waals surface area contributed by atoms with Gasteiger partial charge >= 0.3 is 0 Å². The molecule has 0 amide bonds. The zero-order valence-electron chi connectivity index (χ0n) is 6.21. The summed E-state index contributed by atoms with van der Waals surface area (Å²) in [6.45, 7) is 0. The highest BCUT2D eigenvalue weighted by Crippen LogP contribution is 2.64. The number of rotatable bonds is 0. The lowest BCUT2D eigenvalue weighted by Crippen LogP contribution is -2.22. The van der Waals surface area contributed by atoms with E-state index in [0.29, 0.717) is 0 Å². The molecule has 12 heavy (non-hydrogen) atoms. The molecule has 2 aliphatic carbocycles. The Balaban J connectivity index is 1.86. The molecule has 5 heteroatoms. The van der Waals surface area contributed by atoms with E-state index in [-0.39, 0.29) is 0 Å². The molecule has 0 aromatic carbocycles. The fraction of sp³-hybridized carbons (Fsp3) is 0.714.